The van der Waals surface area contributed by atoms with Crippen LogP contribution < -0.4 is 10.6 Å². The van der Waals surface area contributed by atoms with Gasteiger partial charge in [0.1, 0.15) is 0 Å². The van der Waals surface area contributed by atoms with Gasteiger partial charge in [0.05, 0.1) is 0 Å². The highest BCUT2D eigenvalue weighted by atomic mass is 79.9. The van der Waals surface area contributed by atoms with Gasteiger partial charge >= 0.3 is 0 Å². The smallest absolute Gasteiger partial charge is 0.245 e. The molecule has 0 spiro atoms. The van der Waals surface area contributed by atoms with Crippen molar-refractivity contribution in [3.8, 4) is 11.4 Å². The zero-order valence-electron chi connectivity index (χ0n) is 12.1. The van der Waals surface area contributed by atoms with Gasteiger partial charge in [0, 0.05) is 23.1 Å². The molecule has 5 nitrogen and oxygen atoms in total. The summed E-state index contributed by atoms with van der Waals surface area (Å²) >= 11 is 3.56. The maximum atomic E-state index is 5.73. The van der Waals surface area contributed by atoms with Crippen LogP contribution in [0.1, 0.15) is 18.4 Å². The molecule has 0 aliphatic carbocycles. The molecular formula is C15H20BrN5. The Labute approximate surface area is 133 Å². The zero-order chi connectivity index (χ0) is 14.8. The Kier molecular flexibility index (Phi) is 4.26. The summed E-state index contributed by atoms with van der Waals surface area (Å²) in [4.78, 5) is 6.86. The number of anilines is 1. The molecule has 0 bridgehead atoms. The summed E-state index contributed by atoms with van der Waals surface area (Å²) in [6.07, 6.45) is 2.24. The van der Waals surface area contributed by atoms with Gasteiger partial charge < -0.3 is 10.6 Å². The number of aromatic nitrogens is 3. The third-order valence-electron chi connectivity index (χ3n) is 4.15. The van der Waals surface area contributed by atoms with Crippen molar-refractivity contribution in [2.75, 3.05) is 24.5 Å². The molecule has 0 atom stereocenters. The number of aromatic amines is 1. The SMILES string of the molecule is Cc1ccc(-c2nc(N3CCC(CN)CC3)n[nH]2)cc1Br. The predicted molar refractivity (Wildman–Crippen MR) is 88.2 cm³/mol. The molecule has 1 fully saturated rings. The average molecular weight is 350 g/mol. The van der Waals surface area contributed by atoms with E-state index in [9.17, 15) is 0 Å². The van der Waals surface area contributed by atoms with Crippen LogP contribution in [0.15, 0.2) is 22.7 Å². The molecule has 0 saturated carbocycles. The van der Waals surface area contributed by atoms with E-state index in [2.05, 4.69) is 61.1 Å². The molecule has 1 aliphatic rings. The topological polar surface area (TPSA) is 70.8 Å². The Morgan fingerprint density at radius 2 is 2.14 bits per heavy atom. The summed E-state index contributed by atoms with van der Waals surface area (Å²) in [6, 6.07) is 6.21. The van der Waals surface area contributed by atoms with Crippen LogP contribution in [-0.4, -0.2) is 34.8 Å². The van der Waals surface area contributed by atoms with Crippen LogP contribution in [0.5, 0.6) is 0 Å². The van der Waals surface area contributed by atoms with E-state index in [1.54, 1.807) is 0 Å². The number of nitrogens with two attached hydrogens (primary N) is 1. The highest BCUT2D eigenvalue weighted by Crippen LogP contribution is 2.25. The van der Waals surface area contributed by atoms with Crippen molar-refractivity contribution < 1.29 is 0 Å². The average Bonchev–Trinajstić information content (AvgIpc) is 3.00. The normalized spacial score (nSPS) is 16.4. The van der Waals surface area contributed by atoms with Crippen LogP contribution in [0.2, 0.25) is 0 Å². The highest BCUT2D eigenvalue weighted by Gasteiger charge is 2.21. The maximum absolute atomic E-state index is 5.73. The Bertz CT molecular complexity index is 616. The lowest BCUT2D eigenvalue weighted by Crippen LogP contribution is -2.36. The second-order valence-electron chi connectivity index (χ2n) is 5.61. The van der Waals surface area contributed by atoms with Crippen LogP contribution in [0.25, 0.3) is 11.4 Å². The Balaban J connectivity index is 1.76. The fourth-order valence-electron chi connectivity index (χ4n) is 2.63. The van der Waals surface area contributed by atoms with Gasteiger partial charge in [0.2, 0.25) is 5.95 Å². The van der Waals surface area contributed by atoms with Crippen molar-refractivity contribution in [3.63, 3.8) is 0 Å². The van der Waals surface area contributed by atoms with E-state index in [1.807, 2.05) is 0 Å². The Hall–Kier alpha value is -1.40. The van der Waals surface area contributed by atoms with Gasteiger partial charge in [-0.25, -0.2) is 0 Å². The van der Waals surface area contributed by atoms with Crippen LogP contribution >= 0.6 is 15.9 Å². The van der Waals surface area contributed by atoms with Gasteiger partial charge in [0.25, 0.3) is 0 Å². The number of halogens is 1. The predicted octanol–water partition coefficient (Wildman–Crippen LogP) is 2.72. The second-order valence-corrected chi connectivity index (χ2v) is 6.47. The minimum absolute atomic E-state index is 0.646. The summed E-state index contributed by atoms with van der Waals surface area (Å²) in [5.41, 5.74) is 7.99. The molecule has 2 heterocycles. The van der Waals surface area contributed by atoms with E-state index < -0.39 is 0 Å². The van der Waals surface area contributed by atoms with E-state index in [0.29, 0.717) is 5.92 Å². The van der Waals surface area contributed by atoms with Crippen molar-refractivity contribution in [3.05, 3.63) is 28.2 Å². The molecular weight excluding hydrogens is 330 g/mol. The van der Waals surface area contributed by atoms with Crippen LogP contribution in [-0.2, 0) is 0 Å². The van der Waals surface area contributed by atoms with E-state index in [-0.39, 0.29) is 0 Å². The summed E-state index contributed by atoms with van der Waals surface area (Å²) < 4.78 is 1.08. The first-order valence-corrected chi connectivity index (χ1v) is 8.10. The van der Waals surface area contributed by atoms with E-state index in [1.165, 1.54) is 5.56 Å². The number of hydrogen-bond acceptors (Lipinski definition) is 4. The molecule has 21 heavy (non-hydrogen) atoms. The molecule has 112 valence electrons. The Morgan fingerprint density at radius 3 is 2.81 bits per heavy atom. The van der Waals surface area contributed by atoms with Gasteiger partial charge in [-0.2, -0.15) is 4.98 Å². The van der Waals surface area contributed by atoms with E-state index in [4.69, 9.17) is 5.73 Å². The molecule has 1 saturated heterocycles. The molecule has 6 heteroatoms. The number of nitrogens with zero attached hydrogens (tertiary/aromatic N) is 3. The third-order valence-corrected chi connectivity index (χ3v) is 5.00. The van der Waals surface area contributed by atoms with E-state index >= 15 is 0 Å². The van der Waals surface area contributed by atoms with Crippen molar-refractivity contribution >= 4 is 21.9 Å². The lowest BCUT2D eigenvalue weighted by molar-refractivity contribution is 0.411. The lowest BCUT2D eigenvalue weighted by Gasteiger charge is -2.30. The number of H-pyrrole nitrogens is 1. The molecule has 0 radical (unpaired) electrons. The largest absolute Gasteiger partial charge is 0.340 e. The first-order chi connectivity index (χ1) is 10.2. The number of aryl methyl sites for hydroxylation is 1. The standard InChI is InChI=1S/C15H20BrN5/c1-10-2-3-12(8-13(10)16)14-18-15(20-19-14)21-6-4-11(9-17)5-7-21/h2-3,8,11H,4-7,9,17H2,1H3,(H,18,19,20). The van der Waals surface area contributed by atoms with Crippen molar-refractivity contribution in [1.82, 2.24) is 15.2 Å². The summed E-state index contributed by atoms with van der Waals surface area (Å²) in [7, 11) is 0. The second kappa shape index (κ2) is 6.15. The minimum Gasteiger partial charge on any atom is -0.340 e. The summed E-state index contributed by atoms with van der Waals surface area (Å²) in [6.45, 7) is 4.82. The van der Waals surface area contributed by atoms with Crippen LogP contribution in [0.4, 0.5) is 5.95 Å². The number of hydrogen-bond donors (Lipinski definition) is 2. The fraction of sp³-hybridized carbons (Fsp3) is 0.467. The molecule has 3 rings (SSSR count). The zero-order valence-corrected chi connectivity index (χ0v) is 13.7. The lowest BCUT2D eigenvalue weighted by atomic mass is 9.97. The van der Waals surface area contributed by atoms with Gasteiger partial charge in [-0.15, -0.1) is 5.10 Å². The highest BCUT2D eigenvalue weighted by molar-refractivity contribution is 9.10. The Morgan fingerprint density at radius 1 is 1.38 bits per heavy atom. The maximum Gasteiger partial charge on any atom is 0.245 e. The van der Waals surface area contributed by atoms with Gasteiger partial charge in [-0.3, -0.25) is 5.10 Å². The quantitative estimate of drug-likeness (QED) is 0.893. The molecule has 2 aromatic rings. The number of rotatable bonds is 3. The van der Waals surface area contributed by atoms with Crippen LogP contribution in [0, 0.1) is 12.8 Å². The van der Waals surface area contributed by atoms with Crippen molar-refractivity contribution in [2.45, 2.75) is 19.8 Å². The van der Waals surface area contributed by atoms with Crippen LogP contribution in [0.3, 0.4) is 0 Å². The molecule has 1 aromatic carbocycles. The first kappa shape index (κ1) is 14.5. The van der Waals surface area contributed by atoms with Gasteiger partial charge in [-0.05, 0) is 43.9 Å². The molecule has 1 aliphatic heterocycles. The molecule has 1 aromatic heterocycles. The number of piperidine rings is 1. The molecule has 0 unspecified atom stereocenters. The summed E-state index contributed by atoms with van der Waals surface area (Å²) in [5.74, 6) is 2.25. The van der Waals surface area contributed by atoms with E-state index in [0.717, 1.165) is 54.3 Å². The fourth-order valence-corrected chi connectivity index (χ4v) is 3.01. The van der Waals surface area contributed by atoms with Gasteiger partial charge in [0.15, 0.2) is 5.82 Å². The molecule has 3 N–H and O–H groups in total. The van der Waals surface area contributed by atoms with Crippen molar-refractivity contribution in [1.29, 1.82) is 0 Å². The first-order valence-electron chi connectivity index (χ1n) is 7.31. The monoisotopic (exact) mass is 349 g/mol. The minimum atomic E-state index is 0.646. The van der Waals surface area contributed by atoms with Crippen molar-refractivity contribution in [2.24, 2.45) is 11.7 Å². The third kappa shape index (κ3) is 3.11. The number of nitrogens with one attached hydrogen (secondary N) is 1. The number of benzene rings is 1. The van der Waals surface area contributed by atoms with Gasteiger partial charge in [-0.1, -0.05) is 28.1 Å². The molecule has 0 amide bonds. The summed E-state index contributed by atoms with van der Waals surface area (Å²) in [5, 5.41) is 7.41.